The monoisotopic (exact) mass is 353 g/mol. The third-order valence-corrected chi connectivity index (χ3v) is 5.67. The number of urea groups is 1. The number of halogens is 1. The Hall–Kier alpha value is -2.43. The highest BCUT2D eigenvalue weighted by atomic mass is 19.1. The summed E-state index contributed by atoms with van der Waals surface area (Å²) < 4.78 is 13.6. The minimum absolute atomic E-state index is 0.0225. The summed E-state index contributed by atoms with van der Waals surface area (Å²) in [6.45, 7) is 4.32. The van der Waals surface area contributed by atoms with Crippen molar-refractivity contribution in [1.29, 1.82) is 0 Å². The molecular weight excluding hydrogens is 329 g/mol. The molecule has 2 aliphatic heterocycles. The van der Waals surface area contributed by atoms with Gasteiger partial charge in [-0.3, -0.25) is 4.98 Å². The average molecular weight is 353 g/mol. The van der Waals surface area contributed by atoms with E-state index >= 15 is 0 Å². The molecule has 26 heavy (non-hydrogen) atoms. The van der Waals surface area contributed by atoms with Gasteiger partial charge in [-0.2, -0.15) is 0 Å². The standard InChI is InChI=1S/C21H24FN3O/c1-3-14-4-5-17(9-20(14)15-8-16(22)12-23-11-15)24-21(26)25-18-6-13(2)7-19(25)10-18/h4-5,8-9,11-13,18-19H,3,6-7,10H2,1-2H3,(H,24,26)/t13?,18-,19?/m0/s1. The number of hydrogen-bond acceptors (Lipinski definition) is 2. The Kier molecular flexibility index (Phi) is 4.39. The molecule has 2 amide bonds. The maximum Gasteiger partial charge on any atom is 0.322 e. The Morgan fingerprint density at radius 2 is 2.00 bits per heavy atom. The summed E-state index contributed by atoms with van der Waals surface area (Å²) >= 11 is 0. The number of aromatic nitrogens is 1. The summed E-state index contributed by atoms with van der Waals surface area (Å²) in [5.41, 5.74) is 3.48. The molecule has 1 N–H and O–H groups in total. The lowest BCUT2D eigenvalue weighted by Gasteiger charge is -2.54. The number of carbonyl (C=O) groups excluding carboxylic acids is 1. The number of hydrogen-bond donors (Lipinski definition) is 1. The molecule has 3 atom stereocenters. The number of amides is 2. The SMILES string of the molecule is CCc1ccc(NC(=O)N2C3CC(C)C[C@H]2C3)cc1-c1cncc(F)c1. The van der Waals surface area contributed by atoms with Crippen molar-refractivity contribution in [3.63, 3.8) is 0 Å². The molecule has 2 saturated heterocycles. The van der Waals surface area contributed by atoms with Gasteiger partial charge in [0.1, 0.15) is 5.82 Å². The second-order valence-electron chi connectivity index (χ2n) is 7.57. The highest BCUT2D eigenvalue weighted by Gasteiger charge is 2.46. The van der Waals surface area contributed by atoms with Crippen molar-refractivity contribution in [3.8, 4) is 11.1 Å². The first kappa shape index (κ1) is 17.0. The Bertz CT molecular complexity index is 826. The highest BCUT2D eigenvalue weighted by Crippen LogP contribution is 2.41. The molecule has 2 fully saturated rings. The van der Waals surface area contributed by atoms with Crippen molar-refractivity contribution in [1.82, 2.24) is 9.88 Å². The largest absolute Gasteiger partial charge is 0.322 e. The summed E-state index contributed by atoms with van der Waals surface area (Å²) in [6.07, 6.45) is 7.01. The van der Waals surface area contributed by atoms with Gasteiger partial charge in [0.25, 0.3) is 0 Å². The van der Waals surface area contributed by atoms with Crippen LogP contribution in [0.5, 0.6) is 0 Å². The molecule has 1 aromatic carbocycles. The third kappa shape index (κ3) is 3.06. The summed E-state index contributed by atoms with van der Waals surface area (Å²) in [4.78, 5) is 18.7. The van der Waals surface area contributed by atoms with Gasteiger partial charge < -0.3 is 10.2 Å². The van der Waals surface area contributed by atoms with Crippen LogP contribution in [0.25, 0.3) is 11.1 Å². The predicted molar refractivity (Wildman–Crippen MR) is 100 cm³/mol. The lowest BCUT2D eigenvalue weighted by Crippen LogP contribution is -2.63. The van der Waals surface area contributed by atoms with Gasteiger partial charge in [-0.1, -0.05) is 19.9 Å². The van der Waals surface area contributed by atoms with Crippen molar-refractivity contribution >= 4 is 11.7 Å². The van der Waals surface area contributed by atoms with Gasteiger partial charge in [0, 0.05) is 29.5 Å². The van der Waals surface area contributed by atoms with E-state index in [0.717, 1.165) is 48.1 Å². The molecule has 2 bridgehead atoms. The van der Waals surface area contributed by atoms with Crippen LogP contribution in [0, 0.1) is 11.7 Å². The van der Waals surface area contributed by atoms with Gasteiger partial charge in [-0.05, 0) is 60.9 Å². The van der Waals surface area contributed by atoms with E-state index in [4.69, 9.17) is 0 Å². The topological polar surface area (TPSA) is 45.2 Å². The van der Waals surface area contributed by atoms with Crippen molar-refractivity contribution in [2.75, 3.05) is 5.32 Å². The molecule has 1 aromatic heterocycles. The number of pyridine rings is 1. The molecule has 0 radical (unpaired) electrons. The third-order valence-electron chi connectivity index (χ3n) is 5.67. The van der Waals surface area contributed by atoms with Gasteiger partial charge >= 0.3 is 6.03 Å². The zero-order valence-electron chi connectivity index (χ0n) is 15.2. The van der Waals surface area contributed by atoms with E-state index in [2.05, 4.69) is 24.1 Å². The van der Waals surface area contributed by atoms with E-state index in [1.54, 1.807) is 6.20 Å². The smallest absolute Gasteiger partial charge is 0.318 e. The number of benzene rings is 1. The lowest BCUT2D eigenvalue weighted by atomic mass is 9.74. The van der Waals surface area contributed by atoms with Crippen LogP contribution >= 0.6 is 0 Å². The number of rotatable bonds is 3. The number of nitrogens with zero attached hydrogens (tertiary/aromatic N) is 2. The molecule has 2 aromatic rings. The zero-order chi connectivity index (χ0) is 18.3. The van der Waals surface area contributed by atoms with Crippen molar-refractivity contribution in [2.24, 2.45) is 5.92 Å². The highest BCUT2D eigenvalue weighted by molar-refractivity contribution is 5.91. The molecule has 2 aliphatic rings. The van der Waals surface area contributed by atoms with Gasteiger partial charge in [-0.15, -0.1) is 0 Å². The fraction of sp³-hybridized carbons (Fsp3) is 0.429. The fourth-order valence-electron chi connectivity index (χ4n) is 4.46. The molecule has 0 spiro atoms. The quantitative estimate of drug-likeness (QED) is 0.857. The van der Waals surface area contributed by atoms with Gasteiger partial charge in [0.15, 0.2) is 0 Å². The normalized spacial score (nSPS) is 24.1. The van der Waals surface area contributed by atoms with Crippen LogP contribution in [0.3, 0.4) is 0 Å². The second kappa shape index (κ2) is 6.71. The summed E-state index contributed by atoms with van der Waals surface area (Å²) in [7, 11) is 0. The van der Waals surface area contributed by atoms with Gasteiger partial charge in [0.2, 0.25) is 0 Å². The minimum Gasteiger partial charge on any atom is -0.318 e. The van der Waals surface area contributed by atoms with E-state index in [1.165, 1.54) is 12.3 Å². The van der Waals surface area contributed by atoms with Crippen LogP contribution in [0.4, 0.5) is 14.9 Å². The molecule has 5 heteroatoms. The molecule has 136 valence electrons. The number of piperidine rings is 1. The first-order chi connectivity index (χ1) is 12.5. The van der Waals surface area contributed by atoms with Crippen LogP contribution in [-0.4, -0.2) is 28.0 Å². The van der Waals surface area contributed by atoms with E-state index < -0.39 is 0 Å². The molecule has 4 rings (SSSR count). The Balaban J connectivity index is 1.56. The van der Waals surface area contributed by atoms with Crippen LogP contribution < -0.4 is 5.32 Å². The van der Waals surface area contributed by atoms with Crippen molar-refractivity contribution in [3.05, 3.63) is 48.0 Å². The first-order valence-electron chi connectivity index (χ1n) is 9.38. The van der Waals surface area contributed by atoms with Gasteiger partial charge in [0.05, 0.1) is 6.20 Å². The molecule has 0 aliphatic carbocycles. The van der Waals surface area contributed by atoms with E-state index in [0.29, 0.717) is 18.0 Å². The van der Waals surface area contributed by atoms with Crippen LogP contribution in [-0.2, 0) is 6.42 Å². The minimum atomic E-state index is -0.360. The summed E-state index contributed by atoms with van der Waals surface area (Å²) in [5.74, 6) is 0.347. The molecule has 4 nitrogen and oxygen atoms in total. The molecule has 0 saturated carbocycles. The number of anilines is 1. The molecule has 2 unspecified atom stereocenters. The number of aryl methyl sites for hydroxylation is 1. The van der Waals surface area contributed by atoms with Crippen molar-refractivity contribution < 1.29 is 9.18 Å². The number of fused-ring (bicyclic) bond motifs is 2. The average Bonchev–Trinajstić information content (AvgIpc) is 2.61. The zero-order valence-corrected chi connectivity index (χ0v) is 15.2. The van der Waals surface area contributed by atoms with Crippen LogP contribution in [0.2, 0.25) is 0 Å². The summed E-state index contributed by atoms with van der Waals surface area (Å²) in [6, 6.07) is 8.06. The maximum absolute atomic E-state index is 13.6. The second-order valence-corrected chi connectivity index (χ2v) is 7.57. The van der Waals surface area contributed by atoms with Crippen LogP contribution in [0.1, 0.15) is 38.7 Å². The Morgan fingerprint density at radius 1 is 1.23 bits per heavy atom. The predicted octanol–water partition coefficient (Wildman–Crippen LogP) is 4.85. The van der Waals surface area contributed by atoms with E-state index in [1.807, 2.05) is 23.1 Å². The van der Waals surface area contributed by atoms with E-state index in [-0.39, 0.29) is 11.8 Å². The first-order valence-corrected chi connectivity index (χ1v) is 9.38. The molecular formula is C21H24FN3O. The lowest BCUT2D eigenvalue weighted by molar-refractivity contribution is -0.00600. The number of nitrogens with one attached hydrogen (secondary N) is 1. The summed E-state index contributed by atoms with van der Waals surface area (Å²) in [5, 5.41) is 3.04. The Labute approximate surface area is 153 Å². The molecule has 3 heterocycles. The van der Waals surface area contributed by atoms with Gasteiger partial charge in [-0.25, -0.2) is 9.18 Å². The van der Waals surface area contributed by atoms with E-state index in [9.17, 15) is 9.18 Å². The van der Waals surface area contributed by atoms with Crippen molar-refractivity contribution in [2.45, 2.75) is 51.6 Å². The van der Waals surface area contributed by atoms with Crippen LogP contribution in [0.15, 0.2) is 36.7 Å². The Morgan fingerprint density at radius 3 is 2.69 bits per heavy atom. The maximum atomic E-state index is 13.6. The number of carbonyl (C=O) groups is 1. The fourth-order valence-corrected chi connectivity index (χ4v) is 4.46.